The molecule has 1 N–H and O–H groups in total. The molecule has 0 amide bonds. The lowest BCUT2D eigenvalue weighted by molar-refractivity contribution is -0.138. The van der Waals surface area contributed by atoms with E-state index in [4.69, 9.17) is 5.11 Å². The molecule has 0 saturated heterocycles. The molecule has 0 radical (unpaired) electrons. The first kappa shape index (κ1) is 11.6. The summed E-state index contributed by atoms with van der Waals surface area (Å²) in [4.78, 5) is 11.2. The lowest BCUT2D eigenvalue weighted by atomic mass is 10.0. The Morgan fingerprint density at radius 2 is 2.24 bits per heavy atom. The summed E-state index contributed by atoms with van der Waals surface area (Å²) < 4.78 is 1.79. The van der Waals surface area contributed by atoms with Crippen molar-refractivity contribution in [3.63, 3.8) is 0 Å². The molecule has 1 unspecified atom stereocenters. The van der Waals surface area contributed by atoms with E-state index < -0.39 is 11.9 Å². The van der Waals surface area contributed by atoms with Crippen LogP contribution in [-0.2, 0) is 11.3 Å². The van der Waals surface area contributed by atoms with E-state index in [0.29, 0.717) is 6.54 Å². The molecule has 1 aromatic heterocycles. The molecule has 0 saturated carbocycles. The zero-order valence-electron chi connectivity index (χ0n) is 10.3. The molecular formula is C13H16N2O2. The summed E-state index contributed by atoms with van der Waals surface area (Å²) in [5, 5.41) is 14.6. The number of rotatable bonds is 3. The Hall–Kier alpha value is -1.84. The van der Waals surface area contributed by atoms with Crippen molar-refractivity contribution in [2.45, 2.75) is 33.2 Å². The Labute approximate surface area is 99.9 Å². The van der Waals surface area contributed by atoms with Crippen molar-refractivity contribution < 1.29 is 9.90 Å². The van der Waals surface area contributed by atoms with Gasteiger partial charge in [-0.25, -0.2) is 0 Å². The zero-order chi connectivity index (χ0) is 12.6. The van der Waals surface area contributed by atoms with Crippen molar-refractivity contribution in [3.8, 4) is 0 Å². The third-order valence-corrected chi connectivity index (χ3v) is 3.09. The first-order chi connectivity index (χ1) is 8.06. The summed E-state index contributed by atoms with van der Waals surface area (Å²) >= 11 is 0. The molecule has 1 atom stereocenters. The SMILES string of the molecule is CCn1nc2c(C)cccc2c1C(C)C(=O)O. The van der Waals surface area contributed by atoms with Gasteiger partial charge in [-0.05, 0) is 26.3 Å². The van der Waals surface area contributed by atoms with E-state index in [9.17, 15) is 4.79 Å². The van der Waals surface area contributed by atoms with E-state index >= 15 is 0 Å². The first-order valence-corrected chi connectivity index (χ1v) is 5.75. The maximum atomic E-state index is 11.2. The first-order valence-electron chi connectivity index (χ1n) is 5.75. The van der Waals surface area contributed by atoms with Crippen LogP contribution in [0, 0.1) is 6.92 Å². The van der Waals surface area contributed by atoms with Gasteiger partial charge in [0.05, 0.1) is 17.1 Å². The largest absolute Gasteiger partial charge is 0.481 e. The van der Waals surface area contributed by atoms with Crippen molar-refractivity contribution in [2.75, 3.05) is 0 Å². The maximum Gasteiger partial charge on any atom is 0.312 e. The van der Waals surface area contributed by atoms with Gasteiger partial charge in [0.2, 0.25) is 0 Å². The van der Waals surface area contributed by atoms with Gasteiger partial charge < -0.3 is 5.11 Å². The van der Waals surface area contributed by atoms with Crippen LogP contribution in [0.25, 0.3) is 10.9 Å². The topological polar surface area (TPSA) is 55.1 Å². The minimum atomic E-state index is -0.817. The van der Waals surface area contributed by atoms with Gasteiger partial charge in [0.25, 0.3) is 0 Å². The van der Waals surface area contributed by atoms with Crippen LogP contribution in [0.5, 0.6) is 0 Å². The van der Waals surface area contributed by atoms with Crippen molar-refractivity contribution in [1.82, 2.24) is 9.78 Å². The Kier molecular flexibility index (Phi) is 2.88. The smallest absolute Gasteiger partial charge is 0.312 e. The average Bonchev–Trinajstić information content (AvgIpc) is 2.67. The molecule has 90 valence electrons. The fourth-order valence-electron chi connectivity index (χ4n) is 2.13. The molecule has 0 spiro atoms. The highest BCUT2D eigenvalue weighted by Crippen LogP contribution is 2.27. The molecule has 4 heteroatoms. The quantitative estimate of drug-likeness (QED) is 0.884. The van der Waals surface area contributed by atoms with Crippen LogP contribution in [0.15, 0.2) is 18.2 Å². The third-order valence-electron chi connectivity index (χ3n) is 3.09. The van der Waals surface area contributed by atoms with Crippen LogP contribution >= 0.6 is 0 Å². The maximum absolute atomic E-state index is 11.2. The number of aryl methyl sites for hydroxylation is 2. The number of benzene rings is 1. The van der Waals surface area contributed by atoms with E-state index in [1.807, 2.05) is 32.0 Å². The number of carbonyl (C=O) groups is 1. The highest BCUT2D eigenvalue weighted by molar-refractivity contribution is 5.89. The average molecular weight is 232 g/mol. The van der Waals surface area contributed by atoms with Crippen LogP contribution in [0.4, 0.5) is 0 Å². The van der Waals surface area contributed by atoms with Crippen molar-refractivity contribution in [2.24, 2.45) is 0 Å². The van der Waals surface area contributed by atoms with Crippen molar-refractivity contribution in [1.29, 1.82) is 0 Å². The van der Waals surface area contributed by atoms with Crippen LogP contribution in [0.2, 0.25) is 0 Å². The number of hydrogen-bond donors (Lipinski definition) is 1. The number of aromatic nitrogens is 2. The predicted molar refractivity (Wildman–Crippen MR) is 66.2 cm³/mol. The lowest BCUT2D eigenvalue weighted by Gasteiger charge is -2.09. The van der Waals surface area contributed by atoms with E-state index in [1.165, 1.54) is 0 Å². The fraction of sp³-hybridized carbons (Fsp3) is 0.385. The summed E-state index contributed by atoms with van der Waals surface area (Å²) in [6.07, 6.45) is 0. The van der Waals surface area contributed by atoms with Gasteiger partial charge in [0.15, 0.2) is 0 Å². The highest BCUT2D eigenvalue weighted by atomic mass is 16.4. The third kappa shape index (κ3) is 1.79. The molecule has 0 fully saturated rings. The number of aliphatic carboxylic acids is 1. The zero-order valence-corrected chi connectivity index (χ0v) is 10.3. The predicted octanol–water partition coefficient (Wildman–Crippen LogP) is 2.55. The second-order valence-corrected chi connectivity index (χ2v) is 4.23. The van der Waals surface area contributed by atoms with E-state index in [2.05, 4.69) is 5.10 Å². The second kappa shape index (κ2) is 4.20. The molecule has 4 nitrogen and oxygen atoms in total. The highest BCUT2D eigenvalue weighted by Gasteiger charge is 2.22. The minimum Gasteiger partial charge on any atom is -0.481 e. The van der Waals surface area contributed by atoms with Crippen LogP contribution in [0.3, 0.4) is 0 Å². The van der Waals surface area contributed by atoms with Crippen LogP contribution in [-0.4, -0.2) is 20.9 Å². The molecule has 0 aliphatic carbocycles. The summed E-state index contributed by atoms with van der Waals surface area (Å²) in [6, 6.07) is 5.87. The monoisotopic (exact) mass is 232 g/mol. The molecular weight excluding hydrogens is 216 g/mol. The molecule has 2 rings (SSSR count). The minimum absolute atomic E-state index is 0.540. The van der Waals surface area contributed by atoms with E-state index in [0.717, 1.165) is 22.2 Å². The Bertz CT molecular complexity index is 572. The van der Waals surface area contributed by atoms with E-state index in [-0.39, 0.29) is 0 Å². The van der Waals surface area contributed by atoms with Crippen LogP contribution in [0.1, 0.15) is 31.0 Å². The Balaban J connectivity index is 2.75. The summed E-state index contributed by atoms with van der Waals surface area (Å²) in [7, 11) is 0. The van der Waals surface area contributed by atoms with Crippen molar-refractivity contribution >= 4 is 16.9 Å². The van der Waals surface area contributed by atoms with Gasteiger partial charge in [-0.3, -0.25) is 9.48 Å². The van der Waals surface area contributed by atoms with Gasteiger partial charge in [0, 0.05) is 11.9 Å². The number of carboxylic acids is 1. The number of hydrogen-bond acceptors (Lipinski definition) is 2. The summed E-state index contributed by atoms with van der Waals surface area (Å²) in [5.74, 6) is -1.36. The van der Waals surface area contributed by atoms with Crippen molar-refractivity contribution in [3.05, 3.63) is 29.5 Å². The Morgan fingerprint density at radius 1 is 1.53 bits per heavy atom. The van der Waals surface area contributed by atoms with Gasteiger partial charge >= 0.3 is 5.97 Å². The van der Waals surface area contributed by atoms with E-state index in [1.54, 1.807) is 11.6 Å². The molecule has 0 bridgehead atoms. The molecule has 1 heterocycles. The molecule has 0 aliphatic heterocycles. The van der Waals surface area contributed by atoms with Crippen LogP contribution < -0.4 is 0 Å². The fourth-order valence-corrected chi connectivity index (χ4v) is 2.13. The number of carboxylic acid groups (broad SMARTS) is 1. The number of nitrogens with zero attached hydrogens (tertiary/aromatic N) is 2. The summed E-state index contributed by atoms with van der Waals surface area (Å²) in [6.45, 7) is 6.35. The second-order valence-electron chi connectivity index (χ2n) is 4.23. The normalized spacial score (nSPS) is 12.9. The van der Waals surface area contributed by atoms with Gasteiger partial charge in [-0.2, -0.15) is 5.10 Å². The molecule has 0 aliphatic rings. The van der Waals surface area contributed by atoms with Gasteiger partial charge in [-0.15, -0.1) is 0 Å². The summed E-state index contributed by atoms with van der Waals surface area (Å²) in [5.41, 5.74) is 2.77. The number of fused-ring (bicyclic) bond motifs is 1. The van der Waals surface area contributed by atoms with Gasteiger partial charge in [0.1, 0.15) is 0 Å². The Morgan fingerprint density at radius 3 is 2.82 bits per heavy atom. The molecule has 17 heavy (non-hydrogen) atoms. The molecule has 1 aromatic carbocycles. The lowest BCUT2D eigenvalue weighted by Crippen LogP contribution is -2.13. The van der Waals surface area contributed by atoms with Gasteiger partial charge in [-0.1, -0.05) is 18.2 Å². The molecule has 2 aromatic rings. The standard InChI is InChI=1S/C13H16N2O2/c1-4-15-12(9(3)13(16)17)10-7-5-6-8(2)11(10)14-15/h5-7,9H,4H2,1-3H3,(H,16,17).